The van der Waals surface area contributed by atoms with Crippen LogP contribution in [0.15, 0.2) is 48.7 Å². The average Bonchev–Trinajstić information content (AvgIpc) is 2.80. The first-order valence-corrected chi connectivity index (χ1v) is 8.24. The van der Waals surface area contributed by atoms with Crippen LogP contribution in [0.1, 0.15) is 12.0 Å². The number of aromatic nitrogens is 1. The molecule has 1 fully saturated rings. The highest BCUT2D eigenvalue weighted by Crippen LogP contribution is 2.20. The summed E-state index contributed by atoms with van der Waals surface area (Å²) in [5, 5.41) is 0. The Hall–Kier alpha value is -1.72. The van der Waals surface area contributed by atoms with Crippen LogP contribution in [0.3, 0.4) is 0 Å². The molecule has 0 amide bonds. The molecular formula is C15H16N2O2S. The van der Waals surface area contributed by atoms with E-state index in [4.69, 9.17) is 0 Å². The van der Waals surface area contributed by atoms with Crippen molar-refractivity contribution < 1.29 is 8.42 Å². The van der Waals surface area contributed by atoms with Crippen molar-refractivity contribution >= 4 is 10.0 Å². The maximum atomic E-state index is 11.8. The molecule has 1 aliphatic rings. The fourth-order valence-corrected chi connectivity index (χ4v) is 3.89. The molecule has 2 aromatic rings. The molecule has 2 heterocycles. The molecule has 104 valence electrons. The molecule has 0 atom stereocenters. The molecule has 3 rings (SSSR count). The van der Waals surface area contributed by atoms with Crippen LogP contribution in [0.25, 0.3) is 11.3 Å². The maximum Gasteiger partial charge on any atom is 0.214 e. The van der Waals surface area contributed by atoms with Gasteiger partial charge in [-0.2, -0.15) is 4.31 Å². The Labute approximate surface area is 119 Å². The van der Waals surface area contributed by atoms with Gasteiger partial charge in [0.15, 0.2) is 0 Å². The monoisotopic (exact) mass is 288 g/mol. The molecule has 0 N–H and O–H groups in total. The number of pyridine rings is 1. The van der Waals surface area contributed by atoms with Crippen LogP contribution in [0.4, 0.5) is 0 Å². The van der Waals surface area contributed by atoms with Gasteiger partial charge >= 0.3 is 0 Å². The van der Waals surface area contributed by atoms with Gasteiger partial charge in [-0.15, -0.1) is 0 Å². The van der Waals surface area contributed by atoms with Crippen molar-refractivity contribution in [3.05, 3.63) is 54.2 Å². The van der Waals surface area contributed by atoms with Crippen LogP contribution in [-0.2, 0) is 16.6 Å². The lowest BCUT2D eigenvalue weighted by Gasteiger charge is -2.14. The topological polar surface area (TPSA) is 50.3 Å². The van der Waals surface area contributed by atoms with Crippen LogP contribution in [0.2, 0.25) is 0 Å². The van der Waals surface area contributed by atoms with Gasteiger partial charge in [0.05, 0.1) is 11.4 Å². The van der Waals surface area contributed by atoms with Crippen LogP contribution in [0, 0.1) is 0 Å². The summed E-state index contributed by atoms with van der Waals surface area (Å²) in [7, 11) is -3.03. The van der Waals surface area contributed by atoms with Gasteiger partial charge in [-0.3, -0.25) is 4.98 Å². The van der Waals surface area contributed by atoms with Gasteiger partial charge in [0.2, 0.25) is 10.0 Å². The van der Waals surface area contributed by atoms with Crippen molar-refractivity contribution in [2.24, 2.45) is 0 Å². The molecule has 0 radical (unpaired) electrons. The number of hydrogen-bond donors (Lipinski definition) is 0. The largest absolute Gasteiger partial charge is 0.256 e. The number of nitrogens with zero attached hydrogens (tertiary/aromatic N) is 2. The highest BCUT2D eigenvalue weighted by Gasteiger charge is 2.27. The molecule has 0 bridgehead atoms. The molecule has 1 saturated heterocycles. The van der Waals surface area contributed by atoms with Gasteiger partial charge in [0, 0.05) is 24.8 Å². The first-order chi connectivity index (χ1) is 9.65. The van der Waals surface area contributed by atoms with E-state index in [0.29, 0.717) is 13.1 Å². The van der Waals surface area contributed by atoms with E-state index in [0.717, 1.165) is 23.2 Å². The maximum absolute atomic E-state index is 11.8. The molecule has 0 saturated carbocycles. The summed E-state index contributed by atoms with van der Waals surface area (Å²) in [4.78, 5) is 4.30. The van der Waals surface area contributed by atoms with Gasteiger partial charge in [-0.25, -0.2) is 8.42 Å². The molecule has 4 nitrogen and oxygen atoms in total. The second-order valence-corrected chi connectivity index (χ2v) is 7.00. The van der Waals surface area contributed by atoms with Crippen LogP contribution >= 0.6 is 0 Å². The number of benzene rings is 1. The van der Waals surface area contributed by atoms with Crippen molar-refractivity contribution in [1.82, 2.24) is 9.29 Å². The van der Waals surface area contributed by atoms with E-state index in [-0.39, 0.29) is 5.75 Å². The fraction of sp³-hybridized carbons (Fsp3) is 0.267. The van der Waals surface area contributed by atoms with Crippen molar-refractivity contribution in [2.45, 2.75) is 13.0 Å². The van der Waals surface area contributed by atoms with Crippen molar-refractivity contribution in [3.63, 3.8) is 0 Å². The zero-order chi connectivity index (χ0) is 14.0. The smallest absolute Gasteiger partial charge is 0.214 e. The molecular weight excluding hydrogens is 272 g/mol. The highest BCUT2D eigenvalue weighted by atomic mass is 32.2. The third kappa shape index (κ3) is 2.73. The first-order valence-electron chi connectivity index (χ1n) is 6.63. The lowest BCUT2D eigenvalue weighted by Crippen LogP contribution is -2.25. The van der Waals surface area contributed by atoms with E-state index in [1.54, 1.807) is 10.5 Å². The van der Waals surface area contributed by atoms with Crippen LogP contribution < -0.4 is 0 Å². The minimum absolute atomic E-state index is 0.277. The van der Waals surface area contributed by atoms with Gasteiger partial charge in [0.1, 0.15) is 0 Å². The van der Waals surface area contributed by atoms with Crippen LogP contribution in [0.5, 0.6) is 0 Å². The Morgan fingerprint density at radius 2 is 1.90 bits per heavy atom. The summed E-state index contributed by atoms with van der Waals surface area (Å²) >= 11 is 0. The minimum Gasteiger partial charge on any atom is -0.256 e. The molecule has 1 aromatic heterocycles. The van der Waals surface area contributed by atoms with Gasteiger partial charge in [-0.1, -0.05) is 30.3 Å². The van der Waals surface area contributed by atoms with Gasteiger partial charge in [0.25, 0.3) is 0 Å². The van der Waals surface area contributed by atoms with Gasteiger partial charge in [-0.05, 0) is 24.1 Å². The van der Waals surface area contributed by atoms with E-state index in [1.807, 2.05) is 42.5 Å². The second-order valence-electron chi connectivity index (χ2n) is 4.92. The molecule has 0 unspecified atom stereocenters. The summed E-state index contributed by atoms with van der Waals surface area (Å²) in [6.07, 6.45) is 2.49. The minimum atomic E-state index is -3.03. The van der Waals surface area contributed by atoms with E-state index in [2.05, 4.69) is 4.98 Å². The SMILES string of the molecule is O=S1(=O)CCCN1Cc1ccc(-c2ccccn2)cc1. The summed E-state index contributed by atoms with van der Waals surface area (Å²) in [5.41, 5.74) is 2.97. The number of hydrogen-bond acceptors (Lipinski definition) is 3. The third-order valence-electron chi connectivity index (χ3n) is 3.48. The average molecular weight is 288 g/mol. The standard InChI is InChI=1S/C15H16N2O2S/c18-20(19)11-3-10-17(20)12-13-5-7-14(8-6-13)15-4-1-2-9-16-15/h1-2,4-9H,3,10-12H2. The summed E-state index contributed by atoms with van der Waals surface area (Å²) < 4.78 is 25.1. The third-order valence-corrected chi connectivity index (χ3v) is 5.38. The predicted molar refractivity (Wildman–Crippen MR) is 78.5 cm³/mol. The molecule has 5 heteroatoms. The number of sulfonamides is 1. The summed E-state index contributed by atoms with van der Waals surface area (Å²) in [6, 6.07) is 13.7. The molecule has 0 aliphatic carbocycles. The zero-order valence-corrected chi connectivity index (χ0v) is 11.9. The van der Waals surface area contributed by atoms with Crippen LogP contribution in [-0.4, -0.2) is 30.0 Å². The van der Waals surface area contributed by atoms with Crippen molar-refractivity contribution in [1.29, 1.82) is 0 Å². The predicted octanol–water partition coefficient (Wildman–Crippen LogP) is 2.28. The van der Waals surface area contributed by atoms with E-state index in [1.165, 1.54) is 0 Å². The van der Waals surface area contributed by atoms with E-state index >= 15 is 0 Å². The Bertz CT molecular complexity index is 682. The quantitative estimate of drug-likeness (QED) is 0.870. The number of rotatable bonds is 3. The summed E-state index contributed by atoms with van der Waals surface area (Å²) in [6.45, 7) is 1.09. The lowest BCUT2D eigenvalue weighted by molar-refractivity contribution is 0.440. The molecule has 20 heavy (non-hydrogen) atoms. The van der Waals surface area contributed by atoms with Crippen molar-refractivity contribution in [2.75, 3.05) is 12.3 Å². The first kappa shape index (κ1) is 13.3. The fourth-order valence-electron chi connectivity index (χ4n) is 2.39. The van der Waals surface area contributed by atoms with Crippen molar-refractivity contribution in [3.8, 4) is 11.3 Å². The lowest BCUT2D eigenvalue weighted by atomic mass is 10.1. The van der Waals surface area contributed by atoms with E-state index in [9.17, 15) is 8.42 Å². The normalized spacial score (nSPS) is 18.2. The Morgan fingerprint density at radius 3 is 2.50 bits per heavy atom. The summed E-state index contributed by atoms with van der Waals surface area (Å²) in [5.74, 6) is 0.277. The second kappa shape index (κ2) is 5.34. The van der Waals surface area contributed by atoms with Gasteiger partial charge < -0.3 is 0 Å². The Morgan fingerprint density at radius 1 is 1.10 bits per heavy atom. The highest BCUT2D eigenvalue weighted by molar-refractivity contribution is 7.89. The zero-order valence-electron chi connectivity index (χ0n) is 11.1. The Balaban J connectivity index is 1.77. The molecule has 1 aromatic carbocycles. The molecule has 1 aliphatic heterocycles. The van der Waals surface area contributed by atoms with E-state index < -0.39 is 10.0 Å². The molecule has 0 spiro atoms. The Kier molecular flexibility index (Phi) is 3.54.